The van der Waals surface area contributed by atoms with Crippen LogP contribution in [0.2, 0.25) is 0 Å². The van der Waals surface area contributed by atoms with E-state index in [4.69, 9.17) is 18.0 Å². The third kappa shape index (κ3) is 2.80. The fourth-order valence-electron chi connectivity index (χ4n) is 5.43. The van der Waals surface area contributed by atoms with E-state index >= 15 is 0 Å². The second-order valence-corrected chi connectivity index (χ2v) is 9.37. The molecule has 0 heterocycles. The van der Waals surface area contributed by atoms with Gasteiger partial charge >= 0.3 is 0 Å². The molecule has 1 aromatic rings. The van der Waals surface area contributed by atoms with E-state index in [9.17, 15) is 15.0 Å². The molecule has 0 radical (unpaired) electrons. The lowest BCUT2D eigenvalue weighted by Gasteiger charge is -2.58. The summed E-state index contributed by atoms with van der Waals surface area (Å²) in [5.74, 6) is 0.861. The number of carbonyl (C=O) groups excluding carboxylic acids is 1. The van der Waals surface area contributed by atoms with Crippen molar-refractivity contribution in [2.75, 3.05) is 13.6 Å². The van der Waals surface area contributed by atoms with Gasteiger partial charge in [-0.15, -0.1) is 0 Å². The molecule has 2 fully saturated rings. The highest BCUT2D eigenvalue weighted by atomic mass is 32.1. The Morgan fingerprint density at radius 1 is 1.41 bits per heavy atom. The van der Waals surface area contributed by atoms with Gasteiger partial charge in [0.25, 0.3) is 0 Å². The Morgan fingerprint density at radius 2 is 2.11 bits per heavy atom. The minimum atomic E-state index is -1.08. The highest BCUT2D eigenvalue weighted by Gasteiger charge is 2.61. The Balaban J connectivity index is 1.87. The number of phenols is 1. The number of likely N-dealkylation sites (N-methyl/N-ethyl adjacent to an activating group) is 1. The Bertz CT molecular complexity index is 822. The number of fused-ring (bicyclic) bond motifs is 3. The van der Waals surface area contributed by atoms with Crippen LogP contribution in [0.5, 0.6) is 5.75 Å². The smallest absolute Gasteiger partial charge is 0.134 e. The molecule has 0 aliphatic heterocycles. The maximum atomic E-state index is 12.4. The predicted molar refractivity (Wildman–Crippen MR) is 108 cm³/mol. The molecule has 3 aliphatic carbocycles. The summed E-state index contributed by atoms with van der Waals surface area (Å²) in [7, 11) is 2.08. The van der Waals surface area contributed by atoms with Gasteiger partial charge in [-0.1, -0.05) is 25.2 Å². The summed E-state index contributed by atoms with van der Waals surface area (Å²) in [6.45, 7) is 2.88. The van der Waals surface area contributed by atoms with E-state index in [1.165, 1.54) is 12.8 Å². The van der Waals surface area contributed by atoms with Gasteiger partial charge in [0.15, 0.2) is 0 Å². The van der Waals surface area contributed by atoms with Gasteiger partial charge in [-0.2, -0.15) is 0 Å². The number of benzene rings is 1. The number of nitrogens with zero attached hydrogens (tertiary/aromatic N) is 1. The van der Waals surface area contributed by atoms with Gasteiger partial charge in [0.2, 0.25) is 0 Å². The molecule has 4 rings (SSSR count). The molecule has 3 atom stereocenters. The third-order valence-electron chi connectivity index (χ3n) is 7.11. The molecule has 3 aliphatic rings. The van der Waals surface area contributed by atoms with E-state index in [1.807, 2.05) is 13.0 Å². The summed E-state index contributed by atoms with van der Waals surface area (Å²) >= 11 is 5.09. The normalized spacial score (nSPS) is 32.9. The number of aromatic hydroxyl groups is 1. The Hall–Kier alpha value is -1.50. The molecule has 146 valence electrons. The van der Waals surface area contributed by atoms with Crippen LogP contribution < -0.4 is 5.73 Å². The minimum Gasteiger partial charge on any atom is -0.507 e. The summed E-state index contributed by atoms with van der Waals surface area (Å²) in [5.41, 5.74) is 5.89. The molecule has 0 bridgehead atoms. The van der Waals surface area contributed by atoms with Crippen LogP contribution in [0.3, 0.4) is 0 Å². The SMILES string of the molecule is CN(CC1CC1)[C@@H]1Cc2ccc(C(N)=S)c(O)c2C2(C)CC(=O)CC[C@@]12O. The number of rotatable bonds is 4. The van der Waals surface area contributed by atoms with Gasteiger partial charge in [-0.25, -0.2) is 0 Å². The van der Waals surface area contributed by atoms with Crippen LogP contribution in [0.1, 0.15) is 55.7 Å². The number of hydrogen-bond acceptors (Lipinski definition) is 5. The fraction of sp³-hybridized carbons (Fsp3) is 0.619. The largest absolute Gasteiger partial charge is 0.507 e. The Morgan fingerprint density at radius 3 is 2.74 bits per heavy atom. The standard InChI is InChI=1S/C21H28N2O3S/c1-20-10-14(24)7-8-21(20,26)16(23(2)11-12-3-4-12)9-13-5-6-15(19(22)27)18(25)17(13)20/h5-6,12,16,25-26H,3-4,7-11H2,1-2H3,(H2,22,27)/t16-,20?,21-/m1/s1. The zero-order chi connectivity index (χ0) is 19.6. The summed E-state index contributed by atoms with van der Waals surface area (Å²) in [5, 5.41) is 22.9. The van der Waals surface area contributed by atoms with Crippen molar-refractivity contribution in [1.82, 2.24) is 4.90 Å². The van der Waals surface area contributed by atoms with Crippen molar-refractivity contribution < 1.29 is 15.0 Å². The molecule has 0 spiro atoms. The number of Topliss-reactive ketones (excluding diaryl/α,β-unsaturated/α-hetero) is 1. The van der Waals surface area contributed by atoms with E-state index in [-0.39, 0.29) is 29.0 Å². The lowest BCUT2D eigenvalue weighted by Crippen LogP contribution is -2.68. The molecular weight excluding hydrogens is 360 g/mol. The molecule has 4 N–H and O–H groups in total. The second kappa shape index (κ2) is 6.26. The first-order chi connectivity index (χ1) is 12.7. The summed E-state index contributed by atoms with van der Waals surface area (Å²) < 4.78 is 0. The quantitative estimate of drug-likeness (QED) is 0.684. The van der Waals surface area contributed by atoms with E-state index in [0.717, 1.165) is 12.1 Å². The van der Waals surface area contributed by atoms with E-state index in [1.54, 1.807) is 6.07 Å². The highest BCUT2D eigenvalue weighted by molar-refractivity contribution is 7.80. The van der Waals surface area contributed by atoms with Crippen molar-refractivity contribution in [3.8, 4) is 5.75 Å². The number of aliphatic hydroxyl groups is 1. The molecule has 6 heteroatoms. The van der Waals surface area contributed by atoms with Crippen molar-refractivity contribution in [2.45, 2.75) is 62.5 Å². The Kier molecular flexibility index (Phi) is 4.37. The fourth-order valence-corrected chi connectivity index (χ4v) is 5.60. The second-order valence-electron chi connectivity index (χ2n) is 8.93. The first kappa shape index (κ1) is 18.8. The molecule has 2 saturated carbocycles. The summed E-state index contributed by atoms with van der Waals surface area (Å²) in [6.07, 6.45) is 4.16. The van der Waals surface area contributed by atoms with Crippen LogP contribution in [0.25, 0.3) is 0 Å². The van der Waals surface area contributed by atoms with Gasteiger partial charge < -0.3 is 15.9 Å². The lowest BCUT2D eigenvalue weighted by molar-refractivity contribution is -0.149. The predicted octanol–water partition coefficient (Wildman–Crippen LogP) is 2.03. The molecular formula is C21H28N2O3S. The summed E-state index contributed by atoms with van der Waals surface area (Å²) in [6, 6.07) is 3.62. The minimum absolute atomic E-state index is 0.0268. The zero-order valence-corrected chi connectivity index (χ0v) is 16.8. The van der Waals surface area contributed by atoms with Crippen molar-refractivity contribution in [3.05, 3.63) is 28.8 Å². The molecule has 0 amide bonds. The van der Waals surface area contributed by atoms with Crippen molar-refractivity contribution in [3.63, 3.8) is 0 Å². The molecule has 1 aromatic carbocycles. The van der Waals surface area contributed by atoms with E-state index in [0.29, 0.717) is 36.3 Å². The number of ketones is 1. The van der Waals surface area contributed by atoms with Gasteiger partial charge in [0.05, 0.1) is 11.2 Å². The van der Waals surface area contributed by atoms with Gasteiger partial charge in [0, 0.05) is 36.4 Å². The third-order valence-corrected chi connectivity index (χ3v) is 7.33. The van der Waals surface area contributed by atoms with Crippen LogP contribution in [0, 0.1) is 5.92 Å². The van der Waals surface area contributed by atoms with Crippen LogP contribution in [0.4, 0.5) is 0 Å². The van der Waals surface area contributed by atoms with E-state index in [2.05, 4.69) is 11.9 Å². The van der Waals surface area contributed by atoms with Crippen molar-refractivity contribution in [2.24, 2.45) is 11.7 Å². The maximum absolute atomic E-state index is 12.4. The first-order valence-electron chi connectivity index (χ1n) is 9.77. The van der Waals surface area contributed by atoms with Crippen molar-refractivity contribution >= 4 is 23.0 Å². The van der Waals surface area contributed by atoms with Crippen molar-refractivity contribution in [1.29, 1.82) is 0 Å². The van der Waals surface area contributed by atoms with Crippen LogP contribution >= 0.6 is 12.2 Å². The van der Waals surface area contributed by atoms with Crippen LogP contribution in [0.15, 0.2) is 12.1 Å². The molecule has 27 heavy (non-hydrogen) atoms. The molecule has 5 nitrogen and oxygen atoms in total. The molecule has 0 saturated heterocycles. The van der Waals surface area contributed by atoms with Crippen LogP contribution in [-0.2, 0) is 16.6 Å². The monoisotopic (exact) mass is 388 g/mol. The number of hydrogen-bond donors (Lipinski definition) is 3. The first-order valence-corrected chi connectivity index (χ1v) is 10.2. The van der Waals surface area contributed by atoms with Gasteiger partial charge in [0.1, 0.15) is 16.5 Å². The number of thiocarbonyl (C=S) groups is 1. The zero-order valence-electron chi connectivity index (χ0n) is 16.0. The van der Waals surface area contributed by atoms with Gasteiger partial charge in [-0.05, 0) is 50.3 Å². The molecule has 0 aromatic heterocycles. The number of nitrogens with two attached hydrogens (primary N) is 1. The summed E-state index contributed by atoms with van der Waals surface area (Å²) in [4.78, 5) is 14.8. The average molecular weight is 389 g/mol. The van der Waals surface area contributed by atoms with E-state index < -0.39 is 11.0 Å². The highest BCUT2D eigenvalue weighted by Crippen LogP contribution is 2.55. The number of carbonyl (C=O) groups is 1. The lowest BCUT2D eigenvalue weighted by atomic mass is 9.52. The topological polar surface area (TPSA) is 86.8 Å². The molecule has 1 unspecified atom stereocenters. The maximum Gasteiger partial charge on any atom is 0.134 e. The number of phenolic OH excluding ortho intramolecular Hbond substituents is 1. The average Bonchev–Trinajstić information content (AvgIpc) is 3.39. The van der Waals surface area contributed by atoms with Gasteiger partial charge in [-0.3, -0.25) is 9.69 Å². The van der Waals surface area contributed by atoms with Crippen LogP contribution in [-0.4, -0.2) is 51.1 Å². The Labute approximate surface area is 165 Å².